The number of hydrogen-bond donors (Lipinski definition) is 2. The van der Waals surface area contributed by atoms with Crippen LogP contribution in [0.25, 0.3) is 0 Å². The summed E-state index contributed by atoms with van der Waals surface area (Å²) in [7, 11) is 0. The van der Waals surface area contributed by atoms with Crippen molar-refractivity contribution in [3.8, 4) is 0 Å². The third-order valence-electron chi connectivity index (χ3n) is 3.44. The maximum absolute atomic E-state index is 12.1. The molecule has 6 nitrogen and oxygen atoms in total. The third kappa shape index (κ3) is 2.94. The first-order valence-electron chi connectivity index (χ1n) is 6.65. The van der Waals surface area contributed by atoms with Gasteiger partial charge < -0.3 is 10.2 Å². The van der Waals surface area contributed by atoms with Crippen LogP contribution in [0.1, 0.15) is 38.8 Å². The van der Waals surface area contributed by atoms with E-state index in [2.05, 4.69) is 15.5 Å². The van der Waals surface area contributed by atoms with Crippen LogP contribution in [0, 0.1) is 5.92 Å². The van der Waals surface area contributed by atoms with Crippen LogP contribution < -0.4 is 5.32 Å². The maximum Gasteiger partial charge on any atom is 0.230 e. The Hall–Kier alpha value is -1.85. The largest absolute Gasteiger partial charge is 0.342 e. The molecule has 104 valence electrons. The number of aromatic nitrogens is 2. The van der Waals surface area contributed by atoms with E-state index < -0.39 is 0 Å². The molecule has 2 N–H and O–H groups in total. The lowest BCUT2D eigenvalue weighted by atomic mass is 10.1. The van der Waals surface area contributed by atoms with Crippen molar-refractivity contribution >= 4 is 17.6 Å². The Bertz CT molecular complexity index is 481. The average Bonchev–Trinajstić information content (AvgIpc) is 2.95. The number of carbonyl (C=O) groups is 2. The molecule has 0 spiro atoms. The van der Waals surface area contributed by atoms with Gasteiger partial charge in [0.05, 0.1) is 5.92 Å². The number of amides is 2. The Morgan fingerprint density at radius 2 is 2.37 bits per heavy atom. The Kier molecular flexibility index (Phi) is 3.87. The fraction of sp³-hybridized carbons (Fsp3) is 0.615. The van der Waals surface area contributed by atoms with Crippen molar-refractivity contribution in [1.29, 1.82) is 0 Å². The summed E-state index contributed by atoms with van der Waals surface area (Å²) >= 11 is 0. The first-order valence-corrected chi connectivity index (χ1v) is 6.65. The van der Waals surface area contributed by atoms with Crippen molar-refractivity contribution in [2.24, 2.45) is 5.92 Å². The number of rotatable bonds is 4. The van der Waals surface area contributed by atoms with Gasteiger partial charge in [-0.2, -0.15) is 5.10 Å². The molecule has 1 aromatic heterocycles. The van der Waals surface area contributed by atoms with Gasteiger partial charge in [0.25, 0.3) is 0 Å². The highest BCUT2D eigenvalue weighted by molar-refractivity contribution is 5.96. The Morgan fingerprint density at radius 3 is 2.89 bits per heavy atom. The van der Waals surface area contributed by atoms with E-state index in [4.69, 9.17) is 0 Å². The van der Waals surface area contributed by atoms with Crippen molar-refractivity contribution in [1.82, 2.24) is 15.1 Å². The topological polar surface area (TPSA) is 78.1 Å². The molecule has 1 aliphatic rings. The number of carbonyl (C=O) groups excluding carboxylic acids is 2. The monoisotopic (exact) mass is 264 g/mol. The van der Waals surface area contributed by atoms with E-state index in [-0.39, 0.29) is 17.7 Å². The van der Waals surface area contributed by atoms with Crippen LogP contribution in [0.15, 0.2) is 6.07 Å². The van der Waals surface area contributed by atoms with Crippen molar-refractivity contribution in [3.05, 3.63) is 11.8 Å². The van der Waals surface area contributed by atoms with Gasteiger partial charge in [-0.3, -0.25) is 14.7 Å². The zero-order valence-corrected chi connectivity index (χ0v) is 11.6. The first-order chi connectivity index (χ1) is 9.01. The molecular weight excluding hydrogens is 244 g/mol. The minimum absolute atomic E-state index is 0.0487. The van der Waals surface area contributed by atoms with Gasteiger partial charge in [-0.15, -0.1) is 0 Å². The smallest absolute Gasteiger partial charge is 0.230 e. The van der Waals surface area contributed by atoms with Crippen LogP contribution in [0.4, 0.5) is 5.82 Å². The lowest BCUT2D eigenvalue weighted by Crippen LogP contribution is -2.28. The molecule has 1 fully saturated rings. The summed E-state index contributed by atoms with van der Waals surface area (Å²) in [5.41, 5.74) is 0.980. The van der Waals surface area contributed by atoms with Gasteiger partial charge in [-0.1, -0.05) is 13.8 Å². The molecule has 1 saturated heterocycles. The normalized spacial score (nSPS) is 19.3. The van der Waals surface area contributed by atoms with E-state index in [1.165, 1.54) is 0 Å². The van der Waals surface area contributed by atoms with Crippen LogP contribution in [0.3, 0.4) is 0 Å². The summed E-state index contributed by atoms with van der Waals surface area (Å²) in [6.45, 7) is 7.17. The Labute approximate surface area is 112 Å². The molecule has 1 aliphatic heterocycles. The highest BCUT2D eigenvalue weighted by Gasteiger charge is 2.33. The van der Waals surface area contributed by atoms with E-state index in [9.17, 15) is 9.59 Å². The molecule has 2 amide bonds. The fourth-order valence-corrected chi connectivity index (χ4v) is 2.18. The van der Waals surface area contributed by atoms with Crippen LogP contribution in [0.5, 0.6) is 0 Å². The van der Waals surface area contributed by atoms with Crippen molar-refractivity contribution in [2.45, 2.75) is 33.1 Å². The van der Waals surface area contributed by atoms with Crippen LogP contribution >= 0.6 is 0 Å². The second-order valence-corrected chi connectivity index (χ2v) is 5.19. The molecule has 19 heavy (non-hydrogen) atoms. The summed E-state index contributed by atoms with van der Waals surface area (Å²) < 4.78 is 0. The summed E-state index contributed by atoms with van der Waals surface area (Å²) in [6, 6.07) is 1.83. The van der Waals surface area contributed by atoms with Gasteiger partial charge in [0.1, 0.15) is 0 Å². The molecule has 0 aromatic carbocycles. The minimum Gasteiger partial charge on any atom is -0.342 e. The number of nitrogens with one attached hydrogen (secondary N) is 2. The molecule has 0 aliphatic carbocycles. The highest BCUT2D eigenvalue weighted by Crippen LogP contribution is 2.20. The van der Waals surface area contributed by atoms with Gasteiger partial charge in [0.15, 0.2) is 5.82 Å². The van der Waals surface area contributed by atoms with Crippen LogP contribution in [0.2, 0.25) is 0 Å². The van der Waals surface area contributed by atoms with Gasteiger partial charge >= 0.3 is 0 Å². The standard InChI is InChI=1S/C13H20N4O2/c1-4-17-7-9(5-12(17)18)13(19)14-11-6-10(8(2)3)15-16-11/h6,8-9H,4-5,7H2,1-3H3,(H2,14,15,16,19). The van der Waals surface area contributed by atoms with Gasteiger partial charge in [-0.05, 0) is 12.8 Å². The van der Waals surface area contributed by atoms with E-state index in [0.717, 1.165) is 5.69 Å². The summed E-state index contributed by atoms with van der Waals surface area (Å²) in [4.78, 5) is 25.3. The van der Waals surface area contributed by atoms with Crippen molar-refractivity contribution < 1.29 is 9.59 Å². The van der Waals surface area contributed by atoms with Crippen LogP contribution in [-0.2, 0) is 9.59 Å². The van der Waals surface area contributed by atoms with Gasteiger partial charge in [-0.25, -0.2) is 0 Å². The van der Waals surface area contributed by atoms with Gasteiger partial charge in [0.2, 0.25) is 11.8 Å². The Balaban J connectivity index is 1.96. The predicted octanol–water partition coefficient (Wildman–Crippen LogP) is 1.34. The molecule has 1 atom stereocenters. The average molecular weight is 264 g/mol. The van der Waals surface area contributed by atoms with E-state index >= 15 is 0 Å². The second kappa shape index (κ2) is 5.42. The number of aromatic amines is 1. The van der Waals surface area contributed by atoms with Crippen LogP contribution in [-0.4, -0.2) is 40.0 Å². The molecule has 0 radical (unpaired) electrons. The van der Waals surface area contributed by atoms with E-state index in [0.29, 0.717) is 31.2 Å². The lowest BCUT2D eigenvalue weighted by molar-refractivity contribution is -0.128. The lowest BCUT2D eigenvalue weighted by Gasteiger charge is -2.12. The number of hydrogen-bond acceptors (Lipinski definition) is 3. The second-order valence-electron chi connectivity index (χ2n) is 5.19. The quantitative estimate of drug-likeness (QED) is 0.861. The maximum atomic E-state index is 12.1. The molecule has 1 unspecified atom stereocenters. The minimum atomic E-state index is -0.272. The number of nitrogens with zero attached hydrogens (tertiary/aromatic N) is 2. The summed E-state index contributed by atoms with van der Waals surface area (Å²) in [5.74, 6) is 0.503. The highest BCUT2D eigenvalue weighted by atomic mass is 16.2. The van der Waals surface area contributed by atoms with Crippen molar-refractivity contribution in [3.63, 3.8) is 0 Å². The van der Waals surface area contributed by atoms with Gasteiger partial charge in [0, 0.05) is 31.3 Å². The summed E-state index contributed by atoms with van der Waals surface area (Å²) in [6.07, 6.45) is 0.293. The molecule has 0 bridgehead atoms. The Morgan fingerprint density at radius 1 is 1.63 bits per heavy atom. The molecular formula is C13H20N4O2. The fourth-order valence-electron chi connectivity index (χ4n) is 2.18. The molecule has 0 saturated carbocycles. The first kappa shape index (κ1) is 13.6. The third-order valence-corrected chi connectivity index (χ3v) is 3.44. The molecule has 2 heterocycles. The molecule has 6 heteroatoms. The molecule has 1 aromatic rings. The number of anilines is 1. The number of likely N-dealkylation sites (tertiary alicyclic amines) is 1. The predicted molar refractivity (Wildman–Crippen MR) is 71.7 cm³/mol. The number of H-pyrrole nitrogens is 1. The zero-order chi connectivity index (χ0) is 14.0. The van der Waals surface area contributed by atoms with Crippen molar-refractivity contribution in [2.75, 3.05) is 18.4 Å². The van der Waals surface area contributed by atoms with E-state index in [1.54, 1.807) is 4.90 Å². The SMILES string of the molecule is CCN1CC(C(=O)Nc2cc(C(C)C)[nH]n2)CC1=O. The molecule has 2 rings (SSSR count). The van der Waals surface area contributed by atoms with E-state index in [1.807, 2.05) is 26.8 Å². The summed E-state index contributed by atoms with van der Waals surface area (Å²) in [5, 5.41) is 9.70. The zero-order valence-electron chi connectivity index (χ0n) is 11.6.